The second kappa shape index (κ2) is 1.96. The lowest BCUT2D eigenvalue weighted by Crippen LogP contribution is -2.15. The summed E-state index contributed by atoms with van der Waals surface area (Å²) in [6.07, 6.45) is 0.542. The molecule has 2 heterocycles. The number of hydrogen-bond acceptors (Lipinski definition) is 2. The van der Waals surface area contributed by atoms with E-state index in [1.54, 1.807) is 0 Å². The summed E-state index contributed by atoms with van der Waals surface area (Å²) in [5.41, 5.74) is 0. The van der Waals surface area contributed by atoms with Gasteiger partial charge in [-0.2, -0.15) is 0 Å². The van der Waals surface area contributed by atoms with Crippen molar-refractivity contribution in [1.29, 1.82) is 0 Å². The van der Waals surface area contributed by atoms with Crippen molar-refractivity contribution in [2.24, 2.45) is 11.8 Å². The predicted octanol–water partition coefficient (Wildman–Crippen LogP) is 0.241. The second-order valence-corrected chi connectivity index (χ2v) is 3.17. The molecule has 0 amide bonds. The van der Waals surface area contributed by atoms with Crippen molar-refractivity contribution in [3.63, 3.8) is 0 Å². The van der Waals surface area contributed by atoms with Crippen LogP contribution in [-0.2, 0) is 4.74 Å². The molecule has 0 radical (unpaired) electrons. The largest absolute Gasteiger partial charge is 0.376 e. The number of fused-ring (bicyclic) bond motifs is 1. The van der Waals surface area contributed by atoms with Gasteiger partial charge in [0.15, 0.2) is 0 Å². The van der Waals surface area contributed by atoms with Crippen molar-refractivity contribution >= 4 is 0 Å². The van der Waals surface area contributed by atoms with Crippen molar-refractivity contribution in [3.8, 4) is 0 Å². The minimum Gasteiger partial charge on any atom is -0.376 e. The van der Waals surface area contributed by atoms with Crippen molar-refractivity contribution in [3.05, 3.63) is 0 Å². The Bertz CT molecular complexity index is 115. The molecule has 0 bridgehead atoms. The second-order valence-electron chi connectivity index (χ2n) is 3.17. The summed E-state index contributed by atoms with van der Waals surface area (Å²) < 4.78 is 5.53. The molecule has 2 aliphatic rings. The quantitative estimate of drug-likeness (QED) is 0.503. The maximum atomic E-state index is 5.53. The van der Waals surface area contributed by atoms with E-state index in [1.165, 1.54) is 6.54 Å². The van der Waals surface area contributed by atoms with Gasteiger partial charge >= 0.3 is 0 Å². The van der Waals surface area contributed by atoms with Crippen molar-refractivity contribution in [2.75, 3.05) is 19.7 Å². The molecule has 2 aliphatic heterocycles. The van der Waals surface area contributed by atoms with Gasteiger partial charge in [-0.3, -0.25) is 0 Å². The molecule has 1 N–H and O–H groups in total. The lowest BCUT2D eigenvalue weighted by Gasteiger charge is -2.07. The highest BCUT2D eigenvalue weighted by atomic mass is 16.5. The first-order valence-electron chi connectivity index (χ1n) is 3.70. The molecule has 0 aromatic heterocycles. The van der Waals surface area contributed by atoms with Gasteiger partial charge < -0.3 is 10.1 Å². The fourth-order valence-electron chi connectivity index (χ4n) is 1.82. The zero-order chi connectivity index (χ0) is 6.27. The first kappa shape index (κ1) is 5.69. The Labute approximate surface area is 55.6 Å². The molecule has 2 fully saturated rings. The van der Waals surface area contributed by atoms with Gasteiger partial charge in [-0.25, -0.2) is 0 Å². The summed E-state index contributed by atoms with van der Waals surface area (Å²) in [6, 6.07) is 0. The molecule has 0 unspecified atom stereocenters. The van der Waals surface area contributed by atoms with E-state index in [4.69, 9.17) is 4.74 Å². The molecule has 3 atom stereocenters. The smallest absolute Gasteiger partial charge is 0.0743 e. The first-order valence-corrected chi connectivity index (χ1v) is 3.70. The number of rotatable bonds is 0. The molecule has 0 aromatic carbocycles. The number of nitrogens with one attached hydrogen (secondary N) is 1. The monoisotopic (exact) mass is 127 g/mol. The van der Waals surface area contributed by atoms with Crippen LogP contribution in [0.25, 0.3) is 0 Å². The Kier molecular flexibility index (Phi) is 1.24. The van der Waals surface area contributed by atoms with Gasteiger partial charge in [0.1, 0.15) is 0 Å². The summed E-state index contributed by atoms with van der Waals surface area (Å²) in [6.45, 7) is 5.51. The topological polar surface area (TPSA) is 21.3 Å². The standard InChI is InChI=1S/C7H13NO/c1-5-4-9-7-3-8-2-6(5)7/h5-8H,2-4H2,1H3/t5-,6-,7-/m1/s1. The Morgan fingerprint density at radius 3 is 3.11 bits per heavy atom. The summed E-state index contributed by atoms with van der Waals surface area (Å²) >= 11 is 0. The van der Waals surface area contributed by atoms with Gasteiger partial charge in [0.2, 0.25) is 0 Å². The van der Waals surface area contributed by atoms with Crippen molar-refractivity contribution in [2.45, 2.75) is 13.0 Å². The molecule has 9 heavy (non-hydrogen) atoms. The number of ether oxygens (including phenoxy) is 1. The van der Waals surface area contributed by atoms with Crippen LogP contribution in [0.5, 0.6) is 0 Å². The van der Waals surface area contributed by atoms with Crippen LogP contribution in [-0.4, -0.2) is 25.8 Å². The van der Waals surface area contributed by atoms with Gasteiger partial charge in [-0.05, 0) is 5.92 Å². The third-order valence-electron chi connectivity index (χ3n) is 2.51. The lowest BCUT2D eigenvalue weighted by molar-refractivity contribution is 0.110. The van der Waals surface area contributed by atoms with Crippen molar-refractivity contribution < 1.29 is 4.74 Å². The van der Waals surface area contributed by atoms with Crippen LogP contribution >= 0.6 is 0 Å². The molecule has 2 heteroatoms. The van der Waals surface area contributed by atoms with Crippen molar-refractivity contribution in [1.82, 2.24) is 5.32 Å². The van der Waals surface area contributed by atoms with E-state index in [0.717, 1.165) is 25.0 Å². The molecule has 52 valence electrons. The molecule has 2 nitrogen and oxygen atoms in total. The molecule has 0 aliphatic carbocycles. The van der Waals surface area contributed by atoms with E-state index in [1.807, 2.05) is 0 Å². The molecule has 2 saturated heterocycles. The molecular formula is C7H13NO. The molecule has 0 spiro atoms. The van der Waals surface area contributed by atoms with E-state index in [9.17, 15) is 0 Å². The van der Waals surface area contributed by atoms with E-state index in [2.05, 4.69) is 12.2 Å². The summed E-state index contributed by atoms with van der Waals surface area (Å²) in [5, 5.41) is 3.33. The number of hydrogen-bond donors (Lipinski definition) is 1. The summed E-state index contributed by atoms with van der Waals surface area (Å²) in [4.78, 5) is 0. The van der Waals surface area contributed by atoms with E-state index < -0.39 is 0 Å². The van der Waals surface area contributed by atoms with E-state index in [0.29, 0.717) is 6.10 Å². The van der Waals surface area contributed by atoms with Gasteiger partial charge in [-0.1, -0.05) is 6.92 Å². The highest BCUT2D eigenvalue weighted by molar-refractivity contribution is 4.89. The maximum Gasteiger partial charge on any atom is 0.0743 e. The van der Waals surface area contributed by atoms with Crippen LogP contribution < -0.4 is 5.32 Å². The highest BCUT2D eigenvalue weighted by Crippen LogP contribution is 2.28. The van der Waals surface area contributed by atoms with E-state index in [-0.39, 0.29) is 0 Å². The molecule has 2 rings (SSSR count). The summed E-state index contributed by atoms with van der Waals surface area (Å²) in [7, 11) is 0. The Hall–Kier alpha value is -0.0800. The van der Waals surface area contributed by atoms with Crippen LogP contribution in [0.1, 0.15) is 6.92 Å². The first-order chi connectivity index (χ1) is 4.38. The average Bonchev–Trinajstić information content (AvgIpc) is 2.35. The van der Waals surface area contributed by atoms with Crippen LogP contribution in [0.3, 0.4) is 0 Å². The predicted molar refractivity (Wildman–Crippen MR) is 35.3 cm³/mol. The molecule has 0 saturated carbocycles. The lowest BCUT2D eigenvalue weighted by atomic mass is 9.95. The minimum absolute atomic E-state index is 0.542. The third-order valence-corrected chi connectivity index (χ3v) is 2.51. The minimum atomic E-state index is 0.542. The summed E-state index contributed by atoms with van der Waals surface area (Å²) in [5.74, 6) is 1.59. The maximum absolute atomic E-state index is 5.53. The SMILES string of the molecule is C[C@@H]1CO[C@@H]2CNC[C@H]12. The van der Waals surface area contributed by atoms with Gasteiger partial charge in [0, 0.05) is 25.6 Å². The van der Waals surface area contributed by atoms with Crippen LogP contribution in [0.2, 0.25) is 0 Å². The third kappa shape index (κ3) is 0.775. The zero-order valence-electron chi connectivity index (χ0n) is 5.76. The van der Waals surface area contributed by atoms with Gasteiger partial charge in [0.25, 0.3) is 0 Å². The Morgan fingerprint density at radius 2 is 2.33 bits per heavy atom. The molecule has 0 aromatic rings. The van der Waals surface area contributed by atoms with Gasteiger partial charge in [-0.15, -0.1) is 0 Å². The zero-order valence-corrected chi connectivity index (χ0v) is 5.76. The van der Waals surface area contributed by atoms with Crippen LogP contribution in [0.15, 0.2) is 0 Å². The highest BCUT2D eigenvalue weighted by Gasteiger charge is 2.37. The van der Waals surface area contributed by atoms with E-state index >= 15 is 0 Å². The average molecular weight is 127 g/mol. The van der Waals surface area contributed by atoms with Crippen LogP contribution in [0, 0.1) is 11.8 Å². The normalized spacial score (nSPS) is 49.7. The fraction of sp³-hybridized carbons (Fsp3) is 1.00. The van der Waals surface area contributed by atoms with Crippen LogP contribution in [0.4, 0.5) is 0 Å². The Morgan fingerprint density at radius 1 is 1.44 bits per heavy atom. The van der Waals surface area contributed by atoms with Gasteiger partial charge in [0.05, 0.1) is 6.10 Å². The Balaban J connectivity index is 2.07. The fourth-order valence-corrected chi connectivity index (χ4v) is 1.82. The molecular weight excluding hydrogens is 114 g/mol.